The molecule has 0 aliphatic rings. The quantitative estimate of drug-likeness (QED) is 0.491. The highest BCUT2D eigenvalue weighted by atomic mass is 16.3. The molecule has 0 bridgehead atoms. The molecule has 48 valence electrons. The maximum atomic E-state index is 10.6. The number of aromatic amines is 2. The first-order valence-corrected chi connectivity index (χ1v) is 2.49. The molecule has 1 heterocycles. The van der Waals surface area contributed by atoms with Gasteiger partial charge in [-0.3, -0.25) is 9.78 Å². The Labute approximate surface area is 50.6 Å². The summed E-state index contributed by atoms with van der Waals surface area (Å²) in [6.07, 6.45) is 1.38. The van der Waals surface area contributed by atoms with Gasteiger partial charge in [0.2, 0.25) is 0 Å². The van der Waals surface area contributed by atoms with Crippen molar-refractivity contribution in [2.45, 2.75) is 6.92 Å². The Morgan fingerprint density at radius 2 is 2.33 bits per heavy atom. The lowest BCUT2D eigenvalue weighted by atomic mass is 10.5. The highest BCUT2D eigenvalue weighted by Gasteiger charge is 1.88. The van der Waals surface area contributed by atoms with Crippen LogP contribution in [0.4, 0.5) is 0 Å². The van der Waals surface area contributed by atoms with Crippen LogP contribution in [0.25, 0.3) is 0 Å². The topological polar surface area (TPSA) is 65.7 Å². The summed E-state index contributed by atoms with van der Waals surface area (Å²) < 4.78 is 0. The normalized spacial score (nSPS) is 9.44. The molecular weight excluding hydrogens is 124 g/mol. The van der Waals surface area contributed by atoms with Crippen LogP contribution in [0.3, 0.4) is 0 Å². The van der Waals surface area contributed by atoms with Crippen LogP contribution in [0.1, 0.15) is 5.56 Å². The van der Waals surface area contributed by atoms with E-state index in [-0.39, 0.29) is 5.56 Å². The van der Waals surface area contributed by atoms with E-state index in [2.05, 4.69) is 9.97 Å². The SMILES string of the molecule is Cc1[14cH][nH][14c](=O)[nH]c1=O. The van der Waals surface area contributed by atoms with E-state index in [9.17, 15) is 9.59 Å². The molecule has 0 radical (unpaired) electrons. The zero-order chi connectivity index (χ0) is 6.85. The zero-order valence-electron chi connectivity index (χ0n) is 4.89. The Bertz CT molecular complexity index is 309. The first-order chi connectivity index (χ1) is 4.20. The predicted octanol–water partition coefficient (Wildman–Crippen LogP) is -0.628. The molecule has 0 amide bonds. The molecule has 0 fully saturated rings. The van der Waals surface area contributed by atoms with E-state index in [0.717, 1.165) is 0 Å². The van der Waals surface area contributed by atoms with Crippen molar-refractivity contribution in [3.05, 3.63) is 32.6 Å². The standard InChI is InChI=1S/C5H6N2O2/c1-3-2-6-5(9)7-4(3)8/h2H,1H3,(H2,6,7,8,9)/i2+2,5+2. The first-order valence-electron chi connectivity index (χ1n) is 2.49. The Balaban J connectivity index is 3.52. The van der Waals surface area contributed by atoms with Gasteiger partial charge in [0.25, 0.3) is 5.56 Å². The fraction of sp³-hybridized carbons (Fsp3) is 0.200. The van der Waals surface area contributed by atoms with Crippen molar-refractivity contribution in [2.75, 3.05) is 0 Å². The summed E-state index contributed by atoms with van der Waals surface area (Å²) in [4.78, 5) is 25.3. The van der Waals surface area contributed by atoms with Crippen molar-refractivity contribution in [3.63, 3.8) is 0 Å². The molecule has 4 heteroatoms. The molecule has 0 aromatic carbocycles. The Kier molecular flexibility index (Phi) is 1.22. The van der Waals surface area contributed by atoms with Gasteiger partial charge in [-0.15, -0.1) is 0 Å². The van der Waals surface area contributed by atoms with Gasteiger partial charge in [0, 0.05) is 11.8 Å². The van der Waals surface area contributed by atoms with Crippen LogP contribution in [-0.4, -0.2) is 9.97 Å². The van der Waals surface area contributed by atoms with Crippen LogP contribution in [0.2, 0.25) is 0 Å². The molecule has 0 saturated heterocycles. The van der Waals surface area contributed by atoms with Crippen molar-refractivity contribution >= 4 is 0 Å². The number of hydrogen-bond donors (Lipinski definition) is 2. The van der Waals surface area contributed by atoms with Crippen molar-refractivity contribution in [1.29, 1.82) is 0 Å². The summed E-state index contributed by atoms with van der Waals surface area (Å²) in [5.41, 5.74) is -0.293. The van der Waals surface area contributed by atoms with Gasteiger partial charge in [-0.25, -0.2) is 4.79 Å². The molecule has 1 rings (SSSR count). The minimum absolute atomic E-state index is 0.334. The van der Waals surface area contributed by atoms with Crippen LogP contribution >= 0.6 is 0 Å². The summed E-state index contributed by atoms with van der Waals surface area (Å²) in [6, 6.07) is 0. The second-order valence-corrected chi connectivity index (χ2v) is 1.75. The largest absolute Gasteiger partial charge is 0.325 e. The van der Waals surface area contributed by atoms with Crippen LogP contribution < -0.4 is 11.2 Å². The monoisotopic (exact) mass is 130 g/mol. The smallest absolute Gasteiger partial charge is 0.314 e. The van der Waals surface area contributed by atoms with Gasteiger partial charge >= 0.3 is 5.69 Å². The van der Waals surface area contributed by atoms with Crippen LogP contribution in [-0.2, 0) is 0 Å². The lowest BCUT2D eigenvalue weighted by molar-refractivity contribution is 1.01. The van der Waals surface area contributed by atoms with E-state index in [1.807, 2.05) is 0 Å². The van der Waals surface area contributed by atoms with Gasteiger partial charge < -0.3 is 4.98 Å². The predicted molar refractivity (Wildman–Crippen MR) is 32.4 cm³/mol. The third-order valence-electron chi connectivity index (χ3n) is 1.00. The summed E-state index contributed by atoms with van der Waals surface area (Å²) in [6.45, 7) is 1.62. The Morgan fingerprint density at radius 3 is 2.78 bits per heavy atom. The van der Waals surface area contributed by atoms with Crippen molar-refractivity contribution in [2.24, 2.45) is 0 Å². The van der Waals surface area contributed by atoms with Gasteiger partial charge in [0.1, 0.15) is 0 Å². The number of aromatic nitrogens is 2. The van der Waals surface area contributed by atoms with E-state index in [0.29, 0.717) is 5.56 Å². The molecule has 0 spiro atoms. The molecule has 0 atom stereocenters. The summed E-state index contributed by atoms with van der Waals surface area (Å²) in [5, 5.41) is 0. The molecule has 9 heavy (non-hydrogen) atoms. The molecule has 1 aromatic rings. The average molecular weight is 130 g/mol. The maximum absolute atomic E-state index is 10.6. The molecule has 0 unspecified atom stereocenters. The number of aryl methyl sites for hydroxylation is 1. The number of rotatable bonds is 0. The summed E-state index contributed by atoms with van der Waals surface area (Å²) in [7, 11) is 0. The van der Waals surface area contributed by atoms with Crippen molar-refractivity contribution in [3.8, 4) is 0 Å². The fourth-order valence-electron chi connectivity index (χ4n) is 0.477. The molecule has 2 N–H and O–H groups in total. The molecular formula is C5H6N2O2. The lowest BCUT2D eigenvalue weighted by Gasteiger charge is -1.84. The number of hydrogen-bond acceptors (Lipinski definition) is 2. The minimum atomic E-state index is -0.467. The summed E-state index contributed by atoms with van der Waals surface area (Å²) >= 11 is 0. The number of H-pyrrole nitrogens is 2. The summed E-state index contributed by atoms with van der Waals surface area (Å²) in [5.74, 6) is 0. The molecule has 0 saturated carbocycles. The van der Waals surface area contributed by atoms with Gasteiger partial charge in [-0.1, -0.05) is 0 Å². The van der Waals surface area contributed by atoms with Crippen LogP contribution in [0, 0.1) is 6.92 Å². The Hall–Kier alpha value is -1.32. The second kappa shape index (κ2) is 1.89. The van der Waals surface area contributed by atoms with Crippen molar-refractivity contribution < 1.29 is 0 Å². The van der Waals surface area contributed by atoms with E-state index >= 15 is 0 Å². The van der Waals surface area contributed by atoms with Gasteiger partial charge in [0.15, 0.2) is 0 Å². The third kappa shape index (κ3) is 1.07. The van der Waals surface area contributed by atoms with Gasteiger partial charge in [0.05, 0.1) is 0 Å². The van der Waals surface area contributed by atoms with E-state index in [4.69, 9.17) is 0 Å². The Morgan fingerprint density at radius 1 is 1.67 bits per heavy atom. The van der Waals surface area contributed by atoms with Gasteiger partial charge in [-0.05, 0) is 6.92 Å². The van der Waals surface area contributed by atoms with Crippen LogP contribution in [0.15, 0.2) is 15.8 Å². The lowest BCUT2D eigenvalue weighted by Crippen LogP contribution is -2.22. The molecule has 1 aromatic heterocycles. The fourth-order valence-corrected chi connectivity index (χ4v) is 0.477. The van der Waals surface area contributed by atoms with Crippen molar-refractivity contribution in [1.82, 2.24) is 9.97 Å². The zero-order valence-corrected chi connectivity index (χ0v) is 4.89. The maximum Gasteiger partial charge on any atom is 0.325 e. The number of nitrogens with one attached hydrogen (secondary N) is 2. The average Bonchev–Trinajstić information content (AvgIpc) is 1.80. The van der Waals surface area contributed by atoms with E-state index < -0.39 is 5.69 Å². The first kappa shape index (κ1) is 5.81. The molecule has 0 aliphatic carbocycles. The van der Waals surface area contributed by atoms with E-state index in [1.165, 1.54) is 6.20 Å². The van der Waals surface area contributed by atoms with Crippen LogP contribution in [0.5, 0.6) is 0 Å². The molecule has 0 aliphatic heterocycles. The van der Waals surface area contributed by atoms with E-state index in [1.54, 1.807) is 6.92 Å². The highest BCUT2D eigenvalue weighted by molar-refractivity contribution is 4.98. The highest BCUT2D eigenvalue weighted by Crippen LogP contribution is 1.73. The second-order valence-electron chi connectivity index (χ2n) is 1.75. The van der Waals surface area contributed by atoms with Gasteiger partial charge in [-0.2, -0.15) is 0 Å². The molecule has 4 nitrogen and oxygen atoms in total. The minimum Gasteiger partial charge on any atom is -0.314 e. The third-order valence-corrected chi connectivity index (χ3v) is 1.00.